The molecule has 0 saturated carbocycles. The van der Waals surface area contributed by atoms with Gasteiger partial charge in [0.15, 0.2) is 0 Å². The zero-order valence-corrected chi connectivity index (χ0v) is 20.8. The minimum atomic E-state index is -0.0932. The number of halogens is 1. The van der Waals surface area contributed by atoms with Crippen LogP contribution in [0.4, 0.5) is 0 Å². The van der Waals surface area contributed by atoms with Crippen molar-refractivity contribution in [2.45, 2.75) is 79.8 Å². The number of rotatable bonds is 3. The maximum atomic E-state index is 10.4. The average Bonchev–Trinajstić information content (AvgIpc) is 2.57. The van der Waals surface area contributed by atoms with Gasteiger partial charge in [-0.05, 0) is 63.7 Å². The van der Waals surface area contributed by atoms with Gasteiger partial charge >= 0.3 is 23.1 Å². The van der Waals surface area contributed by atoms with Crippen LogP contribution in [-0.4, -0.2) is 40.5 Å². The summed E-state index contributed by atoms with van der Waals surface area (Å²) < 4.78 is 0. The Kier molecular flexibility index (Phi) is 20.9. The first-order valence-corrected chi connectivity index (χ1v) is 9.57. The number of carbonyl (C=O) groups excluding carboxylic acids is 1. The average molecular weight is 440 g/mol. The van der Waals surface area contributed by atoms with E-state index in [0.717, 1.165) is 25.5 Å². The van der Waals surface area contributed by atoms with Crippen LogP contribution in [0.25, 0.3) is 0 Å². The summed E-state index contributed by atoms with van der Waals surface area (Å²) in [5, 5.41) is 9.71. The Morgan fingerprint density at radius 1 is 1.12 bits per heavy atom. The number of aliphatic hydroxyl groups is 1. The van der Waals surface area contributed by atoms with Crippen molar-refractivity contribution < 1.29 is 26.9 Å². The molecular weight excluding hydrogens is 400 g/mol. The van der Waals surface area contributed by atoms with Crippen molar-refractivity contribution in [2.75, 3.05) is 0 Å². The van der Waals surface area contributed by atoms with Crippen LogP contribution in [0, 0.1) is 30.6 Å². The van der Waals surface area contributed by atoms with Gasteiger partial charge in [0.25, 0.3) is 0 Å². The van der Waals surface area contributed by atoms with E-state index in [4.69, 9.17) is 0 Å². The third-order valence-corrected chi connectivity index (χ3v) is 5.28. The molecule has 148 valence electrons. The Morgan fingerprint density at radius 2 is 1.58 bits per heavy atom. The number of hydrogen-bond acceptors (Lipinski definition) is 2. The van der Waals surface area contributed by atoms with Gasteiger partial charge in [0.1, 0.15) is 6.29 Å². The Labute approximate surface area is 189 Å². The van der Waals surface area contributed by atoms with Crippen molar-refractivity contribution in [1.29, 1.82) is 0 Å². The van der Waals surface area contributed by atoms with Crippen molar-refractivity contribution in [3.05, 3.63) is 30.2 Å². The summed E-state index contributed by atoms with van der Waals surface area (Å²) in [5.41, 5.74) is 2.92. The molecule has 0 heterocycles. The number of aldehydes is 1. The van der Waals surface area contributed by atoms with Crippen LogP contribution in [-0.2, 0) is 4.79 Å². The topological polar surface area (TPSA) is 37.3 Å². The fourth-order valence-electron chi connectivity index (χ4n) is 3.66. The molecule has 26 heavy (non-hydrogen) atoms. The van der Waals surface area contributed by atoms with Crippen LogP contribution < -0.4 is 17.0 Å². The molecule has 2 aliphatic carbocycles. The van der Waals surface area contributed by atoms with Gasteiger partial charge in [0, 0.05) is 5.92 Å². The number of aliphatic hydroxyl groups excluding tert-OH is 1. The van der Waals surface area contributed by atoms with Gasteiger partial charge in [-0.1, -0.05) is 44.1 Å². The SMILES string of the molecule is CC1=CC(C)C(C=O)CC1.CCC(O)C1CCC(C)=CC1C.[Br-].[CH2-]C.[Mg+2]. The van der Waals surface area contributed by atoms with Crippen molar-refractivity contribution in [3.8, 4) is 0 Å². The second-order valence-corrected chi connectivity index (χ2v) is 7.26. The molecule has 0 aromatic rings. The van der Waals surface area contributed by atoms with Crippen LogP contribution in [0.3, 0.4) is 0 Å². The number of hydrogen-bond donors (Lipinski definition) is 1. The van der Waals surface area contributed by atoms with E-state index >= 15 is 0 Å². The van der Waals surface area contributed by atoms with E-state index in [1.54, 1.807) is 6.92 Å². The quantitative estimate of drug-likeness (QED) is 0.317. The minimum Gasteiger partial charge on any atom is -1.00 e. The first-order valence-electron chi connectivity index (χ1n) is 9.57. The summed E-state index contributed by atoms with van der Waals surface area (Å²) in [6.45, 7) is 15.7. The van der Waals surface area contributed by atoms with E-state index in [2.05, 4.69) is 53.7 Å². The largest absolute Gasteiger partial charge is 2.00 e. The van der Waals surface area contributed by atoms with Gasteiger partial charge in [-0.15, -0.1) is 0 Å². The molecule has 5 unspecified atom stereocenters. The fourth-order valence-corrected chi connectivity index (χ4v) is 3.66. The third-order valence-electron chi connectivity index (χ3n) is 5.28. The zero-order valence-electron chi connectivity index (χ0n) is 17.8. The van der Waals surface area contributed by atoms with E-state index in [1.165, 1.54) is 24.0 Å². The van der Waals surface area contributed by atoms with E-state index in [0.29, 0.717) is 17.8 Å². The fraction of sp³-hybridized carbons (Fsp3) is 0.727. The number of allylic oxidation sites excluding steroid dienone is 4. The molecule has 2 nitrogen and oxygen atoms in total. The van der Waals surface area contributed by atoms with Gasteiger partial charge in [-0.2, -0.15) is 6.92 Å². The summed E-state index contributed by atoms with van der Waals surface area (Å²) in [4.78, 5) is 10.4. The molecule has 0 aromatic carbocycles. The maximum absolute atomic E-state index is 10.4. The monoisotopic (exact) mass is 438 g/mol. The number of carbonyl (C=O) groups is 1. The molecule has 2 rings (SSSR count). The van der Waals surface area contributed by atoms with Crippen molar-refractivity contribution >= 4 is 29.3 Å². The molecule has 5 atom stereocenters. The molecular formula is C22H39BrMgO2. The summed E-state index contributed by atoms with van der Waals surface area (Å²) in [6.07, 6.45) is 10.9. The third kappa shape index (κ3) is 11.3. The Hall–Kier alpha value is 0.356. The van der Waals surface area contributed by atoms with E-state index < -0.39 is 0 Å². The molecule has 0 radical (unpaired) electrons. The predicted molar refractivity (Wildman–Crippen MR) is 110 cm³/mol. The summed E-state index contributed by atoms with van der Waals surface area (Å²) in [6, 6.07) is 0. The second-order valence-electron chi connectivity index (χ2n) is 7.26. The second kappa shape index (κ2) is 17.5. The van der Waals surface area contributed by atoms with E-state index in [-0.39, 0.29) is 52.1 Å². The molecule has 4 heteroatoms. The van der Waals surface area contributed by atoms with Crippen LogP contribution >= 0.6 is 0 Å². The first-order chi connectivity index (χ1) is 11.4. The standard InChI is InChI=1S/C11H20O.C9H14O.C2H5.BrH.Mg/c1-4-11(12)10-6-5-8(2)7-9(10)3;1-7-3-4-9(6-10)8(2)5-7;1-2;;/h7,9-12H,4-6H2,1-3H3;5-6,8-9H,3-4H2,1-2H3;1H2,2H3;1H;/q;;-1;;+2/p-1. The van der Waals surface area contributed by atoms with Crippen LogP contribution in [0.5, 0.6) is 0 Å². The molecule has 0 amide bonds. The van der Waals surface area contributed by atoms with Gasteiger partial charge < -0.3 is 33.8 Å². The maximum Gasteiger partial charge on any atom is 2.00 e. The van der Waals surface area contributed by atoms with Gasteiger partial charge in [0.2, 0.25) is 0 Å². The molecule has 0 bridgehead atoms. The Morgan fingerprint density at radius 3 is 1.96 bits per heavy atom. The Bertz CT molecular complexity index is 420. The van der Waals surface area contributed by atoms with Gasteiger partial charge in [0.05, 0.1) is 6.10 Å². The minimum absolute atomic E-state index is 0. The molecule has 0 fully saturated rings. The van der Waals surface area contributed by atoms with Crippen LogP contribution in [0.1, 0.15) is 73.6 Å². The molecule has 0 aromatic heterocycles. The molecule has 0 spiro atoms. The first kappa shape index (κ1) is 31.1. The van der Waals surface area contributed by atoms with Crippen molar-refractivity contribution in [3.63, 3.8) is 0 Å². The molecule has 0 saturated heterocycles. The van der Waals surface area contributed by atoms with Gasteiger partial charge in [-0.25, -0.2) is 0 Å². The van der Waals surface area contributed by atoms with Gasteiger partial charge in [-0.3, -0.25) is 0 Å². The molecule has 2 aliphatic rings. The van der Waals surface area contributed by atoms with Crippen LogP contribution in [0.15, 0.2) is 23.3 Å². The normalized spacial score (nSPS) is 28.2. The smallest absolute Gasteiger partial charge is 1.00 e. The summed E-state index contributed by atoms with van der Waals surface area (Å²) in [5.74, 6) is 1.81. The predicted octanol–water partition coefficient (Wildman–Crippen LogP) is 2.39. The van der Waals surface area contributed by atoms with Crippen molar-refractivity contribution in [1.82, 2.24) is 0 Å². The zero-order chi connectivity index (χ0) is 18.7. The summed E-state index contributed by atoms with van der Waals surface area (Å²) in [7, 11) is 0. The molecule has 0 aliphatic heterocycles. The van der Waals surface area contributed by atoms with Crippen LogP contribution in [0.2, 0.25) is 0 Å². The van der Waals surface area contributed by atoms with E-state index in [9.17, 15) is 9.90 Å². The molecule has 1 N–H and O–H groups in total. The Balaban J connectivity index is -0.000000350. The van der Waals surface area contributed by atoms with Crippen molar-refractivity contribution in [2.24, 2.45) is 23.7 Å². The van der Waals surface area contributed by atoms with E-state index in [1.807, 2.05) is 0 Å². The summed E-state index contributed by atoms with van der Waals surface area (Å²) >= 11 is 0.